The molecule has 0 saturated heterocycles. The lowest BCUT2D eigenvalue weighted by atomic mass is 10.1. The SMILES string of the molecule is CCCN(C)CCCC#Cc1ccc2c(ccn2-c2ccc(Br)cc2)c1. The first kappa shape index (κ1) is 18.8. The quantitative estimate of drug-likeness (QED) is 0.365. The Bertz CT molecular complexity index is 913. The van der Waals surface area contributed by atoms with E-state index in [4.69, 9.17) is 0 Å². The average Bonchev–Trinajstić information content (AvgIpc) is 3.05. The van der Waals surface area contributed by atoms with Crippen molar-refractivity contribution in [3.63, 3.8) is 0 Å². The second-order valence-corrected chi connectivity index (χ2v) is 7.56. The molecule has 26 heavy (non-hydrogen) atoms. The van der Waals surface area contributed by atoms with E-state index in [1.54, 1.807) is 0 Å². The zero-order chi connectivity index (χ0) is 18.4. The van der Waals surface area contributed by atoms with Gasteiger partial charge < -0.3 is 9.47 Å². The van der Waals surface area contributed by atoms with Crippen LogP contribution in [-0.4, -0.2) is 29.6 Å². The molecule has 2 aromatic carbocycles. The van der Waals surface area contributed by atoms with Gasteiger partial charge in [-0.25, -0.2) is 0 Å². The van der Waals surface area contributed by atoms with Crippen LogP contribution in [0.5, 0.6) is 0 Å². The van der Waals surface area contributed by atoms with Gasteiger partial charge >= 0.3 is 0 Å². The van der Waals surface area contributed by atoms with Gasteiger partial charge in [-0.2, -0.15) is 0 Å². The highest BCUT2D eigenvalue weighted by molar-refractivity contribution is 9.10. The molecule has 1 heterocycles. The number of aromatic nitrogens is 1. The Labute approximate surface area is 165 Å². The molecule has 2 nitrogen and oxygen atoms in total. The van der Waals surface area contributed by atoms with Crippen LogP contribution >= 0.6 is 15.9 Å². The number of hydrogen-bond donors (Lipinski definition) is 0. The number of hydrogen-bond acceptors (Lipinski definition) is 1. The average molecular weight is 409 g/mol. The lowest BCUT2D eigenvalue weighted by molar-refractivity contribution is 0.332. The number of rotatable bonds is 6. The van der Waals surface area contributed by atoms with E-state index in [9.17, 15) is 0 Å². The molecule has 1 aromatic heterocycles. The molecule has 0 amide bonds. The second kappa shape index (κ2) is 9.07. The first-order valence-electron chi connectivity index (χ1n) is 9.22. The molecule has 3 aromatic rings. The second-order valence-electron chi connectivity index (χ2n) is 6.64. The number of halogens is 1. The highest BCUT2D eigenvalue weighted by Crippen LogP contribution is 2.22. The van der Waals surface area contributed by atoms with Gasteiger partial charge in [0.1, 0.15) is 0 Å². The van der Waals surface area contributed by atoms with E-state index < -0.39 is 0 Å². The summed E-state index contributed by atoms with van der Waals surface area (Å²) in [5.74, 6) is 6.63. The zero-order valence-corrected chi connectivity index (χ0v) is 17.1. The number of unbranched alkanes of at least 4 members (excludes halogenated alkanes) is 1. The molecule has 0 aliphatic rings. The lowest BCUT2D eigenvalue weighted by Gasteiger charge is -2.13. The van der Waals surface area contributed by atoms with E-state index in [2.05, 4.69) is 106 Å². The van der Waals surface area contributed by atoms with Gasteiger partial charge in [-0.05, 0) is 81.5 Å². The normalized spacial score (nSPS) is 10.9. The summed E-state index contributed by atoms with van der Waals surface area (Å²) in [6.07, 6.45) is 5.41. The molecule has 0 N–H and O–H groups in total. The van der Waals surface area contributed by atoms with Crippen LogP contribution in [0.15, 0.2) is 59.2 Å². The number of fused-ring (bicyclic) bond motifs is 1. The number of benzene rings is 2. The molecule has 0 radical (unpaired) electrons. The highest BCUT2D eigenvalue weighted by Gasteiger charge is 2.03. The predicted octanol–water partition coefficient (Wildman–Crippen LogP) is 5.87. The Balaban J connectivity index is 1.67. The maximum absolute atomic E-state index is 3.49. The Morgan fingerprint density at radius 3 is 2.62 bits per heavy atom. The smallest absolute Gasteiger partial charge is 0.0529 e. The van der Waals surface area contributed by atoms with Crippen LogP contribution in [0.1, 0.15) is 31.7 Å². The van der Waals surface area contributed by atoms with Gasteiger partial charge in [-0.3, -0.25) is 0 Å². The van der Waals surface area contributed by atoms with Gasteiger partial charge in [0.25, 0.3) is 0 Å². The summed E-state index contributed by atoms with van der Waals surface area (Å²) >= 11 is 3.49. The van der Waals surface area contributed by atoms with Gasteiger partial charge in [0.05, 0.1) is 5.52 Å². The molecule has 0 atom stereocenters. The van der Waals surface area contributed by atoms with Crippen molar-refractivity contribution in [2.24, 2.45) is 0 Å². The Kier molecular flexibility index (Phi) is 6.55. The standard InChI is InChI=1S/C23H25BrN2/c1-3-15-25(2)16-6-4-5-7-19-8-13-23-20(18-19)14-17-26(23)22-11-9-21(24)10-12-22/h8-14,17-18H,3-4,6,15-16H2,1-2H3. The van der Waals surface area contributed by atoms with Gasteiger partial charge in [-0.1, -0.05) is 34.7 Å². The van der Waals surface area contributed by atoms with Crippen molar-refractivity contribution in [2.75, 3.05) is 20.1 Å². The van der Waals surface area contributed by atoms with Crippen LogP contribution in [-0.2, 0) is 0 Å². The fraction of sp³-hybridized carbons (Fsp3) is 0.304. The summed E-state index contributed by atoms with van der Waals surface area (Å²) in [5, 5.41) is 1.22. The summed E-state index contributed by atoms with van der Waals surface area (Å²) in [5.41, 5.74) is 3.46. The minimum absolute atomic E-state index is 0.950. The van der Waals surface area contributed by atoms with E-state index in [1.807, 2.05) is 0 Å². The maximum Gasteiger partial charge on any atom is 0.0529 e. The summed E-state index contributed by atoms with van der Waals surface area (Å²) in [7, 11) is 2.18. The molecule has 3 heteroatoms. The molecular formula is C23H25BrN2. The first-order valence-corrected chi connectivity index (χ1v) is 10.0. The molecule has 0 spiro atoms. The molecule has 0 aliphatic heterocycles. The largest absolute Gasteiger partial charge is 0.317 e. The first-order chi connectivity index (χ1) is 12.7. The van der Waals surface area contributed by atoms with E-state index in [1.165, 1.54) is 29.6 Å². The van der Waals surface area contributed by atoms with Crippen LogP contribution in [0.25, 0.3) is 16.6 Å². The van der Waals surface area contributed by atoms with Gasteiger partial charge in [-0.15, -0.1) is 0 Å². The van der Waals surface area contributed by atoms with Crippen molar-refractivity contribution in [2.45, 2.75) is 26.2 Å². The molecule has 0 aliphatic carbocycles. The molecule has 0 bridgehead atoms. The fourth-order valence-electron chi connectivity index (χ4n) is 3.14. The van der Waals surface area contributed by atoms with Crippen LogP contribution in [0, 0.1) is 11.8 Å². The predicted molar refractivity (Wildman–Crippen MR) is 115 cm³/mol. The van der Waals surface area contributed by atoms with E-state index in [0.29, 0.717) is 0 Å². The van der Waals surface area contributed by atoms with Gasteiger partial charge in [0.2, 0.25) is 0 Å². The highest BCUT2D eigenvalue weighted by atomic mass is 79.9. The summed E-state index contributed by atoms with van der Waals surface area (Å²) in [4.78, 5) is 2.37. The Hall–Kier alpha value is -2.02. The molecular weight excluding hydrogens is 384 g/mol. The monoisotopic (exact) mass is 408 g/mol. The minimum Gasteiger partial charge on any atom is -0.317 e. The van der Waals surface area contributed by atoms with E-state index in [0.717, 1.165) is 29.4 Å². The number of nitrogens with zero attached hydrogens (tertiary/aromatic N) is 2. The van der Waals surface area contributed by atoms with Crippen molar-refractivity contribution in [1.82, 2.24) is 9.47 Å². The minimum atomic E-state index is 0.950. The van der Waals surface area contributed by atoms with Crippen LogP contribution in [0.4, 0.5) is 0 Å². The van der Waals surface area contributed by atoms with Crippen LogP contribution < -0.4 is 0 Å². The van der Waals surface area contributed by atoms with E-state index in [-0.39, 0.29) is 0 Å². The lowest BCUT2D eigenvalue weighted by Crippen LogP contribution is -2.20. The third kappa shape index (κ3) is 4.78. The topological polar surface area (TPSA) is 8.17 Å². The van der Waals surface area contributed by atoms with E-state index >= 15 is 0 Å². The van der Waals surface area contributed by atoms with Crippen molar-refractivity contribution < 1.29 is 0 Å². The maximum atomic E-state index is 3.49. The van der Waals surface area contributed by atoms with Crippen molar-refractivity contribution in [3.8, 4) is 17.5 Å². The zero-order valence-electron chi connectivity index (χ0n) is 15.5. The summed E-state index contributed by atoms with van der Waals surface area (Å²) < 4.78 is 3.30. The molecule has 0 fully saturated rings. The Morgan fingerprint density at radius 2 is 1.85 bits per heavy atom. The van der Waals surface area contributed by atoms with Crippen molar-refractivity contribution in [3.05, 3.63) is 64.8 Å². The van der Waals surface area contributed by atoms with Gasteiger partial charge in [0.15, 0.2) is 0 Å². The molecule has 3 rings (SSSR count). The third-order valence-electron chi connectivity index (χ3n) is 4.47. The third-order valence-corrected chi connectivity index (χ3v) is 5.00. The molecule has 134 valence electrons. The van der Waals surface area contributed by atoms with Crippen molar-refractivity contribution >= 4 is 26.8 Å². The summed E-state index contributed by atoms with van der Waals surface area (Å²) in [6.45, 7) is 4.51. The van der Waals surface area contributed by atoms with Gasteiger partial charge in [0, 0.05) is 33.7 Å². The fourth-order valence-corrected chi connectivity index (χ4v) is 3.41. The van der Waals surface area contributed by atoms with Crippen LogP contribution in [0.3, 0.4) is 0 Å². The molecule has 0 unspecified atom stereocenters. The Morgan fingerprint density at radius 1 is 1.04 bits per heavy atom. The summed E-state index contributed by atoms with van der Waals surface area (Å²) in [6, 6.07) is 17.0. The van der Waals surface area contributed by atoms with Crippen LogP contribution in [0.2, 0.25) is 0 Å². The van der Waals surface area contributed by atoms with Crippen molar-refractivity contribution in [1.29, 1.82) is 0 Å². The molecule has 0 saturated carbocycles.